The minimum absolute atomic E-state index is 0.104. The lowest BCUT2D eigenvalue weighted by atomic mass is 10.1. The summed E-state index contributed by atoms with van der Waals surface area (Å²) in [5.74, 6) is 0. The van der Waals surface area contributed by atoms with Crippen molar-refractivity contribution in [3.63, 3.8) is 0 Å². The fourth-order valence-corrected chi connectivity index (χ4v) is 1.58. The van der Waals surface area contributed by atoms with Crippen LogP contribution in [0.2, 0.25) is 5.02 Å². The van der Waals surface area contributed by atoms with Gasteiger partial charge in [-0.3, -0.25) is 4.98 Å². The molecule has 1 unspecified atom stereocenters. The third kappa shape index (κ3) is 5.70. The van der Waals surface area contributed by atoms with Crippen molar-refractivity contribution in [2.24, 2.45) is 0 Å². The number of carbonyl (C=O) groups excluding carboxylic acids is 2. The van der Waals surface area contributed by atoms with Gasteiger partial charge in [-0.1, -0.05) is 11.6 Å². The van der Waals surface area contributed by atoms with E-state index in [9.17, 15) is 9.59 Å². The highest BCUT2D eigenvalue weighted by molar-refractivity contribution is 6.30. The minimum atomic E-state index is -0.600. The largest absolute Gasteiger partial charge is 0.444 e. The number of halogens is 1. The van der Waals surface area contributed by atoms with E-state index in [4.69, 9.17) is 16.3 Å². The molecule has 0 spiro atoms. The summed E-state index contributed by atoms with van der Waals surface area (Å²) in [5, 5.41) is 3.10. The molecule has 1 aromatic rings. The second kappa shape index (κ2) is 6.52. The fraction of sp³-hybridized carbons (Fsp3) is 0.462. The number of amides is 1. The first-order valence-electron chi connectivity index (χ1n) is 5.86. The van der Waals surface area contributed by atoms with Gasteiger partial charge in [0.25, 0.3) is 0 Å². The Morgan fingerprint density at radius 3 is 2.79 bits per heavy atom. The summed E-state index contributed by atoms with van der Waals surface area (Å²) in [6.45, 7) is 5.29. The maximum atomic E-state index is 11.7. The first kappa shape index (κ1) is 15.4. The predicted molar refractivity (Wildman–Crippen MR) is 72.0 cm³/mol. The third-order valence-corrected chi connectivity index (χ3v) is 2.36. The van der Waals surface area contributed by atoms with Crippen LogP contribution >= 0.6 is 11.6 Å². The van der Waals surface area contributed by atoms with Crippen LogP contribution in [0.25, 0.3) is 0 Å². The molecule has 0 saturated heterocycles. The predicted octanol–water partition coefficient (Wildman–Crippen LogP) is 2.89. The Labute approximate surface area is 117 Å². The molecule has 1 aromatic heterocycles. The van der Waals surface area contributed by atoms with Crippen molar-refractivity contribution in [1.29, 1.82) is 0 Å². The fourth-order valence-electron chi connectivity index (χ4n) is 1.41. The van der Waals surface area contributed by atoms with E-state index in [1.165, 1.54) is 6.20 Å². The molecule has 0 aliphatic carbocycles. The average Bonchev–Trinajstić information content (AvgIpc) is 2.26. The summed E-state index contributed by atoms with van der Waals surface area (Å²) in [5.41, 5.74) is -0.0807. The molecule has 104 valence electrons. The second-order valence-electron chi connectivity index (χ2n) is 5.00. The number of alkyl carbamates (subject to hydrolysis) is 1. The van der Waals surface area contributed by atoms with E-state index < -0.39 is 17.7 Å². The van der Waals surface area contributed by atoms with E-state index in [1.54, 1.807) is 32.9 Å². The molecule has 1 rings (SSSR count). The Morgan fingerprint density at radius 2 is 2.26 bits per heavy atom. The van der Waals surface area contributed by atoms with Crippen LogP contribution < -0.4 is 5.32 Å². The molecule has 1 atom stereocenters. The number of rotatable bonds is 4. The lowest BCUT2D eigenvalue weighted by Gasteiger charge is -2.22. The van der Waals surface area contributed by atoms with E-state index in [-0.39, 0.29) is 6.42 Å². The molecule has 0 saturated carbocycles. The van der Waals surface area contributed by atoms with Crippen molar-refractivity contribution in [2.75, 3.05) is 0 Å². The van der Waals surface area contributed by atoms with Crippen LogP contribution in [-0.4, -0.2) is 23.0 Å². The van der Waals surface area contributed by atoms with E-state index >= 15 is 0 Å². The number of nitrogens with zero attached hydrogens (tertiary/aromatic N) is 1. The Kier molecular flexibility index (Phi) is 5.30. The molecule has 5 nitrogen and oxygen atoms in total. The van der Waals surface area contributed by atoms with Gasteiger partial charge in [-0.15, -0.1) is 0 Å². The maximum Gasteiger partial charge on any atom is 0.408 e. The highest BCUT2D eigenvalue weighted by Crippen LogP contribution is 2.18. The summed E-state index contributed by atoms with van der Waals surface area (Å²) in [7, 11) is 0. The van der Waals surface area contributed by atoms with Crippen LogP contribution in [0.3, 0.4) is 0 Å². The number of hydrogen-bond acceptors (Lipinski definition) is 4. The van der Waals surface area contributed by atoms with Crippen molar-refractivity contribution in [3.05, 3.63) is 29.0 Å². The highest BCUT2D eigenvalue weighted by Gasteiger charge is 2.21. The zero-order valence-electron chi connectivity index (χ0n) is 11.1. The lowest BCUT2D eigenvalue weighted by molar-refractivity contribution is -0.108. The smallest absolute Gasteiger partial charge is 0.408 e. The highest BCUT2D eigenvalue weighted by atomic mass is 35.5. The molecule has 1 heterocycles. The van der Waals surface area contributed by atoms with Crippen molar-refractivity contribution >= 4 is 24.0 Å². The quantitative estimate of drug-likeness (QED) is 0.863. The van der Waals surface area contributed by atoms with Crippen LogP contribution in [0.1, 0.15) is 38.9 Å². The number of aromatic nitrogens is 1. The Balaban J connectivity index is 2.78. The topological polar surface area (TPSA) is 68.3 Å². The van der Waals surface area contributed by atoms with Gasteiger partial charge in [0.1, 0.15) is 11.9 Å². The number of aldehydes is 1. The molecule has 0 radical (unpaired) electrons. The first-order valence-corrected chi connectivity index (χ1v) is 6.24. The van der Waals surface area contributed by atoms with Gasteiger partial charge in [-0.25, -0.2) is 4.79 Å². The van der Waals surface area contributed by atoms with Crippen molar-refractivity contribution in [2.45, 2.75) is 38.8 Å². The molecule has 6 heteroatoms. The Hall–Kier alpha value is -1.62. The SMILES string of the molecule is CC(C)(C)OC(=O)NC(CC=O)c1cc(Cl)ccn1. The maximum absolute atomic E-state index is 11.7. The zero-order chi connectivity index (χ0) is 14.5. The molecule has 1 amide bonds. The van der Waals surface area contributed by atoms with Gasteiger partial charge in [-0.2, -0.15) is 0 Å². The monoisotopic (exact) mass is 284 g/mol. The van der Waals surface area contributed by atoms with E-state index in [0.717, 1.165) is 0 Å². The van der Waals surface area contributed by atoms with Crippen LogP contribution in [0.4, 0.5) is 4.79 Å². The van der Waals surface area contributed by atoms with Gasteiger partial charge < -0.3 is 14.8 Å². The first-order chi connectivity index (χ1) is 8.81. The molecular weight excluding hydrogens is 268 g/mol. The zero-order valence-corrected chi connectivity index (χ0v) is 11.9. The van der Waals surface area contributed by atoms with Crippen molar-refractivity contribution in [3.8, 4) is 0 Å². The van der Waals surface area contributed by atoms with Crippen LogP contribution in [-0.2, 0) is 9.53 Å². The van der Waals surface area contributed by atoms with Crippen molar-refractivity contribution < 1.29 is 14.3 Å². The van der Waals surface area contributed by atoms with Gasteiger partial charge in [0.15, 0.2) is 0 Å². The van der Waals surface area contributed by atoms with Crippen LogP contribution in [0, 0.1) is 0 Å². The molecule has 0 aromatic carbocycles. The number of pyridine rings is 1. The average molecular weight is 285 g/mol. The Morgan fingerprint density at radius 1 is 1.58 bits per heavy atom. The van der Waals surface area contributed by atoms with Crippen LogP contribution in [0.5, 0.6) is 0 Å². The standard InChI is InChI=1S/C13H17ClN2O3/c1-13(2,3)19-12(18)16-10(5-7-17)11-8-9(14)4-6-15-11/h4,6-8,10H,5H2,1-3H3,(H,16,18). The van der Waals surface area contributed by atoms with E-state index in [2.05, 4.69) is 10.3 Å². The Bertz CT molecular complexity index is 457. The molecular formula is C13H17ClN2O3. The second-order valence-corrected chi connectivity index (χ2v) is 5.44. The van der Waals surface area contributed by atoms with Crippen molar-refractivity contribution in [1.82, 2.24) is 10.3 Å². The van der Waals surface area contributed by atoms with Gasteiger partial charge in [0.2, 0.25) is 0 Å². The minimum Gasteiger partial charge on any atom is -0.444 e. The molecule has 19 heavy (non-hydrogen) atoms. The molecule has 0 aliphatic heterocycles. The number of hydrogen-bond donors (Lipinski definition) is 1. The summed E-state index contributed by atoms with van der Waals surface area (Å²) in [4.78, 5) is 26.5. The number of nitrogens with one attached hydrogen (secondary N) is 1. The molecule has 0 fully saturated rings. The molecule has 0 bridgehead atoms. The van der Waals surface area contributed by atoms with Gasteiger partial charge in [-0.05, 0) is 32.9 Å². The van der Waals surface area contributed by atoms with Gasteiger partial charge in [0, 0.05) is 17.6 Å². The number of carbonyl (C=O) groups is 2. The summed E-state index contributed by atoms with van der Waals surface area (Å²) in [6, 6.07) is 2.68. The summed E-state index contributed by atoms with van der Waals surface area (Å²) < 4.78 is 5.14. The van der Waals surface area contributed by atoms with Crippen LogP contribution in [0.15, 0.2) is 18.3 Å². The number of ether oxygens (including phenoxy) is 1. The summed E-state index contributed by atoms with van der Waals surface area (Å²) in [6.07, 6.45) is 1.74. The van der Waals surface area contributed by atoms with Gasteiger partial charge >= 0.3 is 6.09 Å². The molecule has 1 N–H and O–H groups in total. The van der Waals surface area contributed by atoms with E-state index in [0.29, 0.717) is 17.0 Å². The third-order valence-electron chi connectivity index (χ3n) is 2.12. The molecule has 0 aliphatic rings. The lowest BCUT2D eigenvalue weighted by Crippen LogP contribution is -2.35. The normalized spacial score (nSPS) is 12.6. The van der Waals surface area contributed by atoms with E-state index in [1.807, 2.05) is 0 Å². The van der Waals surface area contributed by atoms with Gasteiger partial charge in [0.05, 0.1) is 11.7 Å². The summed E-state index contributed by atoms with van der Waals surface area (Å²) >= 11 is 5.86.